The topological polar surface area (TPSA) is 24.5 Å². The van der Waals surface area contributed by atoms with Crippen molar-refractivity contribution in [3.8, 4) is 0 Å². The number of likely N-dealkylation sites (N-methyl/N-ethyl adjacent to an activating group) is 1. The highest BCUT2D eigenvalue weighted by molar-refractivity contribution is 5.53. The van der Waals surface area contributed by atoms with Gasteiger partial charge < -0.3 is 15.0 Å². The molecule has 0 saturated carbocycles. The summed E-state index contributed by atoms with van der Waals surface area (Å²) in [5, 5.41) is 3.17. The Hall–Kier alpha value is -1.06. The summed E-state index contributed by atoms with van der Waals surface area (Å²) >= 11 is 0. The highest BCUT2D eigenvalue weighted by Crippen LogP contribution is 2.19. The van der Waals surface area contributed by atoms with Gasteiger partial charge in [-0.2, -0.15) is 0 Å². The van der Waals surface area contributed by atoms with Gasteiger partial charge in [0, 0.05) is 32.4 Å². The molecule has 96 valence electrons. The lowest BCUT2D eigenvalue weighted by Gasteiger charge is -2.21. The van der Waals surface area contributed by atoms with Crippen LogP contribution in [-0.2, 0) is 11.3 Å². The van der Waals surface area contributed by atoms with Crippen LogP contribution in [0.3, 0.4) is 0 Å². The van der Waals surface area contributed by atoms with Crippen LogP contribution in [0.5, 0.6) is 0 Å². The maximum atomic E-state index is 5.38. The van der Waals surface area contributed by atoms with E-state index in [2.05, 4.69) is 42.4 Å². The number of nitrogens with one attached hydrogen (secondary N) is 1. The summed E-state index contributed by atoms with van der Waals surface area (Å²) in [6, 6.07) is 6.60. The Balaban J connectivity index is 2.63. The summed E-state index contributed by atoms with van der Waals surface area (Å²) in [7, 11) is 4.08. The maximum absolute atomic E-state index is 5.38. The number of hydrogen-bond acceptors (Lipinski definition) is 3. The van der Waals surface area contributed by atoms with E-state index in [0.717, 1.165) is 26.3 Å². The van der Waals surface area contributed by atoms with Gasteiger partial charge in [0.15, 0.2) is 0 Å². The SMILES string of the molecule is CCOCCN(C)c1ccc(CNC)cc1C. The second-order valence-electron chi connectivity index (χ2n) is 4.27. The van der Waals surface area contributed by atoms with Gasteiger partial charge in [0.2, 0.25) is 0 Å². The molecular weight excluding hydrogens is 212 g/mol. The summed E-state index contributed by atoms with van der Waals surface area (Å²) in [4.78, 5) is 2.24. The van der Waals surface area contributed by atoms with Crippen molar-refractivity contribution < 1.29 is 4.74 Å². The van der Waals surface area contributed by atoms with E-state index in [0.29, 0.717) is 0 Å². The fraction of sp³-hybridized carbons (Fsp3) is 0.571. The first-order valence-electron chi connectivity index (χ1n) is 6.22. The smallest absolute Gasteiger partial charge is 0.0641 e. The molecule has 0 heterocycles. The van der Waals surface area contributed by atoms with Crippen LogP contribution < -0.4 is 10.2 Å². The van der Waals surface area contributed by atoms with Crippen molar-refractivity contribution in [3.63, 3.8) is 0 Å². The summed E-state index contributed by atoms with van der Waals surface area (Å²) < 4.78 is 5.38. The molecule has 17 heavy (non-hydrogen) atoms. The quantitative estimate of drug-likeness (QED) is 0.734. The number of benzene rings is 1. The number of aryl methyl sites for hydroxylation is 1. The van der Waals surface area contributed by atoms with Crippen LogP contribution in [0.1, 0.15) is 18.1 Å². The third-order valence-corrected chi connectivity index (χ3v) is 2.83. The minimum atomic E-state index is 0.782. The number of nitrogens with zero attached hydrogens (tertiary/aromatic N) is 1. The lowest BCUT2D eigenvalue weighted by molar-refractivity contribution is 0.154. The first-order valence-corrected chi connectivity index (χ1v) is 6.22. The Kier molecular flexibility index (Phi) is 6.01. The van der Waals surface area contributed by atoms with Crippen molar-refractivity contribution in [2.75, 3.05) is 38.8 Å². The normalized spacial score (nSPS) is 10.6. The molecular formula is C14H24N2O. The number of anilines is 1. The van der Waals surface area contributed by atoms with E-state index in [1.54, 1.807) is 0 Å². The number of rotatable bonds is 7. The fourth-order valence-electron chi connectivity index (χ4n) is 1.93. The van der Waals surface area contributed by atoms with E-state index in [1.165, 1.54) is 16.8 Å². The summed E-state index contributed by atoms with van der Waals surface area (Å²) in [5.41, 5.74) is 3.92. The lowest BCUT2D eigenvalue weighted by atomic mass is 10.1. The molecule has 3 heteroatoms. The maximum Gasteiger partial charge on any atom is 0.0641 e. The molecule has 1 N–H and O–H groups in total. The molecule has 0 fully saturated rings. The predicted molar refractivity (Wildman–Crippen MR) is 73.7 cm³/mol. The van der Waals surface area contributed by atoms with Crippen LogP contribution in [0.15, 0.2) is 18.2 Å². The zero-order valence-corrected chi connectivity index (χ0v) is 11.4. The Morgan fingerprint density at radius 2 is 2.12 bits per heavy atom. The molecule has 0 radical (unpaired) electrons. The van der Waals surface area contributed by atoms with Gasteiger partial charge in [-0.1, -0.05) is 12.1 Å². The third kappa shape index (κ3) is 4.36. The van der Waals surface area contributed by atoms with E-state index in [-0.39, 0.29) is 0 Å². The average molecular weight is 236 g/mol. The Bertz CT molecular complexity index is 339. The number of ether oxygens (including phenoxy) is 1. The van der Waals surface area contributed by atoms with Gasteiger partial charge in [-0.15, -0.1) is 0 Å². The number of hydrogen-bond donors (Lipinski definition) is 1. The second kappa shape index (κ2) is 7.30. The van der Waals surface area contributed by atoms with Crippen LogP contribution in [0.25, 0.3) is 0 Å². The highest BCUT2D eigenvalue weighted by Gasteiger charge is 2.05. The molecule has 0 amide bonds. The van der Waals surface area contributed by atoms with Gasteiger partial charge in [-0.3, -0.25) is 0 Å². The molecule has 1 rings (SSSR count). The van der Waals surface area contributed by atoms with Crippen molar-refractivity contribution in [2.24, 2.45) is 0 Å². The van der Waals surface area contributed by atoms with Crippen molar-refractivity contribution in [1.29, 1.82) is 0 Å². The third-order valence-electron chi connectivity index (χ3n) is 2.83. The van der Waals surface area contributed by atoms with Crippen molar-refractivity contribution in [2.45, 2.75) is 20.4 Å². The standard InChI is InChI=1S/C14H24N2O/c1-5-17-9-8-16(4)14-7-6-13(11-15-3)10-12(14)2/h6-7,10,15H,5,8-9,11H2,1-4H3. The molecule has 0 aromatic heterocycles. The minimum Gasteiger partial charge on any atom is -0.380 e. The van der Waals surface area contributed by atoms with E-state index in [9.17, 15) is 0 Å². The van der Waals surface area contributed by atoms with Crippen LogP contribution in [-0.4, -0.2) is 33.9 Å². The fourth-order valence-corrected chi connectivity index (χ4v) is 1.93. The van der Waals surface area contributed by atoms with E-state index < -0.39 is 0 Å². The summed E-state index contributed by atoms with van der Waals surface area (Å²) in [6.07, 6.45) is 0. The average Bonchev–Trinajstić information content (AvgIpc) is 2.29. The zero-order chi connectivity index (χ0) is 12.7. The van der Waals surface area contributed by atoms with Gasteiger partial charge in [0.1, 0.15) is 0 Å². The highest BCUT2D eigenvalue weighted by atomic mass is 16.5. The van der Waals surface area contributed by atoms with Gasteiger partial charge in [-0.05, 0) is 38.1 Å². The summed E-state index contributed by atoms with van der Waals surface area (Å²) in [6.45, 7) is 7.60. The van der Waals surface area contributed by atoms with Crippen LogP contribution >= 0.6 is 0 Å². The van der Waals surface area contributed by atoms with Gasteiger partial charge in [0.05, 0.1) is 6.61 Å². The monoisotopic (exact) mass is 236 g/mol. The summed E-state index contributed by atoms with van der Waals surface area (Å²) in [5.74, 6) is 0. The molecule has 0 aliphatic carbocycles. The Labute approximate surface area is 105 Å². The molecule has 0 saturated heterocycles. The molecule has 0 bridgehead atoms. The van der Waals surface area contributed by atoms with Gasteiger partial charge in [0.25, 0.3) is 0 Å². The predicted octanol–water partition coefficient (Wildman–Crippen LogP) is 2.19. The van der Waals surface area contributed by atoms with Crippen molar-refractivity contribution in [3.05, 3.63) is 29.3 Å². The molecule has 1 aromatic carbocycles. The van der Waals surface area contributed by atoms with E-state index in [4.69, 9.17) is 4.74 Å². The second-order valence-corrected chi connectivity index (χ2v) is 4.27. The molecule has 1 aromatic rings. The van der Waals surface area contributed by atoms with Gasteiger partial charge in [-0.25, -0.2) is 0 Å². The van der Waals surface area contributed by atoms with Crippen LogP contribution in [0.4, 0.5) is 5.69 Å². The van der Waals surface area contributed by atoms with Gasteiger partial charge >= 0.3 is 0 Å². The Morgan fingerprint density at radius 3 is 2.71 bits per heavy atom. The first-order chi connectivity index (χ1) is 8.19. The molecule has 0 unspecified atom stereocenters. The molecule has 0 aliphatic heterocycles. The van der Waals surface area contributed by atoms with Crippen molar-refractivity contribution >= 4 is 5.69 Å². The van der Waals surface area contributed by atoms with Crippen LogP contribution in [0, 0.1) is 6.92 Å². The molecule has 0 atom stereocenters. The lowest BCUT2D eigenvalue weighted by Crippen LogP contribution is -2.23. The molecule has 0 aliphatic rings. The van der Waals surface area contributed by atoms with E-state index >= 15 is 0 Å². The largest absolute Gasteiger partial charge is 0.380 e. The van der Waals surface area contributed by atoms with E-state index in [1.807, 2.05) is 14.0 Å². The zero-order valence-electron chi connectivity index (χ0n) is 11.4. The minimum absolute atomic E-state index is 0.782. The first kappa shape index (κ1) is 14.0. The Morgan fingerprint density at radius 1 is 1.35 bits per heavy atom. The molecule has 3 nitrogen and oxygen atoms in total. The van der Waals surface area contributed by atoms with Crippen molar-refractivity contribution in [1.82, 2.24) is 5.32 Å². The molecule has 0 spiro atoms. The van der Waals surface area contributed by atoms with Crippen LogP contribution in [0.2, 0.25) is 0 Å².